The van der Waals surface area contributed by atoms with Gasteiger partial charge in [0.2, 0.25) is 0 Å². The summed E-state index contributed by atoms with van der Waals surface area (Å²) in [6, 6.07) is 0.741. The summed E-state index contributed by atoms with van der Waals surface area (Å²) in [4.78, 5) is 8.60. The van der Waals surface area contributed by atoms with Crippen LogP contribution in [-0.2, 0) is 6.54 Å². The lowest BCUT2D eigenvalue weighted by Crippen LogP contribution is -2.29. The lowest BCUT2D eigenvalue weighted by molar-refractivity contribution is 0.655. The molecule has 5 heteroatoms. The minimum Gasteiger partial charge on any atom is -0.355 e. The van der Waals surface area contributed by atoms with Gasteiger partial charge in [0, 0.05) is 37.3 Å². The molecule has 21 heavy (non-hydrogen) atoms. The third kappa shape index (κ3) is 2.94. The maximum absolute atomic E-state index is 4.94. The minimum atomic E-state index is 0.741. The average Bonchev–Trinajstić information content (AvgIpc) is 3.38. The van der Waals surface area contributed by atoms with E-state index < -0.39 is 0 Å². The van der Waals surface area contributed by atoms with Crippen LogP contribution in [0.2, 0.25) is 0 Å². The van der Waals surface area contributed by atoms with Crippen molar-refractivity contribution in [2.75, 3.05) is 18.0 Å². The third-order valence-corrected chi connectivity index (χ3v) is 5.20. The number of rotatable bonds is 8. The summed E-state index contributed by atoms with van der Waals surface area (Å²) in [6.07, 6.45) is 8.83. The van der Waals surface area contributed by atoms with Crippen LogP contribution in [0.15, 0.2) is 11.6 Å². The number of anilines is 1. The van der Waals surface area contributed by atoms with E-state index in [1.165, 1.54) is 50.2 Å². The van der Waals surface area contributed by atoms with Crippen LogP contribution < -0.4 is 10.2 Å². The summed E-state index contributed by atoms with van der Waals surface area (Å²) in [5.74, 6) is 2.13. The van der Waals surface area contributed by atoms with Gasteiger partial charge in [-0.3, -0.25) is 4.40 Å². The van der Waals surface area contributed by atoms with E-state index in [0.717, 1.165) is 30.0 Å². The maximum Gasteiger partial charge on any atom is 0.195 e. The van der Waals surface area contributed by atoms with Gasteiger partial charge in [-0.05, 0) is 38.0 Å². The van der Waals surface area contributed by atoms with Gasteiger partial charge in [0.05, 0.1) is 5.69 Å². The Bertz CT molecular complexity index is 609. The van der Waals surface area contributed by atoms with Crippen LogP contribution in [0, 0.1) is 5.92 Å². The fourth-order valence-electron chi connectivity index (χ4n) is 2.93. The van der Waals surface area contributed by atoms with Gasteiger partial charge in [-0.25, -0.2) is 4.98 Å². The third-order valence-electron chi connectivity index (χ3n) is 4.44. The summed E-state index contributed by atoms with van der Waals surface area (Å²) >= 11 is 1.74. The highest BCUT2D eigenvalue weighted by Gasteiger charge is 2.28. The quantitative estimate of drug-likeness (QED) is 0.812. The molecular formula is C16H24N4S. The molecule has 0 saturated heterocycles. The number of hydrogen-bond donors (Lipinski definition) is 1. The van der Waals surface area contributed by atoms with E-state index in [9.17, 15) is 0 Å². The van der Waals surface area contributed by atoms with Crippen LogP contribution in [-0.4, -0.2) is 28.5 Å². The van der Waals surface area contributed by atoms with Crippen molar-refractivity contribution in [3.63, 3.8) is 0 Å². The molecule has 1 N–H and O–H groups in total. The van der Waals surface area contributed by atoms with Crippen LogP contribution in [0.4, 0.5) is 5.82 Å². The van der Waals surface area contributed by atoms with E-state index in [2.05, 4.69) is 33.1 Å². The number of fused-ring (bicyclic) bond motifs is 1. The van der Waals surface area contributed by atoms with Crippen LogP contribution in [0.3, 0.4) is 0 Å². The highest BCUT2D eigenvalue weighted by molar-refractivity contribution is 7.15. The lowest BCUT2D eigenvalue weighted by atomic mass is 10.3. The molecule has 2 fully saturated rings. The molecule has 4 rings (SSSR count). The van der Waals surface area contributed by atoms with Gasteiger partial charge in [0.15, 0.2) is 10.8 Å². The Kier molecular flexibility index (Phi) is 3.63. The second kappa shape index (κ2) is 5.61. The minimum absolute atomic E-state index is 0.741. The Morgan fingerprint density at radius 3 is 2.95 bits per heavy atom. The molecule has 0 aromatic carbocycles. The van der Waals surface area contributed by atoms with E-state index >= 15 is 0 Å². The Hall–Kier alpha value is -1.07. The molecule has 0 radical (unpaired) electrons. The van der Waals surface area contributed by atoms with Gasteiger partial charge >= 0.3 is 0 Å². The second-order valence-electron chi connectivity index (χ2n) is 6.48. The van der Waals surface area contributed by atoms with E-state index in [1.807, 2.05) is 0 Å². The van der Waals surface area contributed by atoms with Crippen LogP contribution in [0.1, 0.15) is 44.7 Å². The zero-order chi connectivity index (χ0) is 14.2. The van der Waals surface area contributed by atoms with Crippen molar-refractivity contribution in [3.8, 4) is 0 Å². The van der Waals surface area contributed by atoms with Crippen molar-refractivity contribution in [1.82, 2.24) is 14.7 Å². The highest BCUT2D eigenvalue weighted by Crippen LogP contribution is 2.33. The Balaban J connectivity index is 1.63. The summed E-state index contributed by atoms with van der Waals surface area (Å²) in [5.41, 5.74) is 1.35. The molecule has 2 aromatic rings. The van der Waals surface area contributed by atoms with E-state index in [4.69, 9.17) is 4.98 Å². The summed E-state index contributed by atoms with van der Waals surface area (Å²) in [7, 11) is 0. The summed E-state index contributed by atoms with van der Waals surface area (Å²) in [6.45, 7) is 5.52. The predicted octanol–water partition coefficient (Wildman–Crippen LogP) is 3.27. The summed E-state index contributed by atoms with van der Waals surface area (Å²) < 4.78 is 2.28. The van der Waals surface area contributed by atoms with Gasteiger partial charge in [0.1, 0.15) is 0 Å². The fraction of sp³-hybridized carbons (Fsp3) is 0.688. The van der Waals surface area contributed by atoms with Gasteiger partial charge in [-0.2, -0.15) is 0 Å². The maximum atomic E-state index is 4.94. The molecular weight excluding hydrogens is 280 g/mol. The van der Waals surface area contributed by atoms with Crippen molar-refractivity contribution in [2.45, 2.75) is 51.6 Å². The SMILES string of the molecule is CCCN(CC1CC1)c1nc2sccn2c1CNC1CC1. The standard InChI is InChI=1S/C16H24N4S/c1-2-7-19(11-12-3-4-12)15-14(10-17-13-5-6-13)20-8-9-21-16(20)18-15/h8-9,12-13,17H,2-7,10-11H2,1H3. The summed E-state index contributed by atoms with van der Waals surface area (Å²) in [5, 5.41) is 5.80. The molecule has 0 aliphatic heterocycles. The molecule has 2 heterocycles. The molecule has 0 spiro atoms. The number of imidazole rings is 1. The number of hydrogen-bond acceptors (Lipinski definition) is 4. The first-order chi connectivity index (χ1) is 10.3. The topological polar surface area (TPSA) is 32.6 Å². The zero-order valence-corrected chi connectivity index (χ0v) is 13.5. The molecule has 2 aromatic heterocycles. The fourth-order valence-corrected chi connectivity index (χ4v) is 3.66. The molecule has 0 unspecified atom stereocenters. The molecule has 2 aliphatic carbocycles. The molecule has 0 atom stereocenters. The number of nitrogens with one attached hydrogen (secondary N) is 1. The van der Waals surface area contributed by atoms with E-state index in [-0.39, 0.29) is 0 Å². The first-order valence-corrected chi connectivity index (χ1v) is 9.16. The van der Waals surface area contributed by atoms with Gasteiger partial charge in [-0.1, -0.05) is 6.92 Å². The second-order valence-corrected chi connectivity index (χ2v) is 7.36. The molecule has 114 valence electrons. The monoisotopic (exact) mass is 304 g/mol. The van der Waals surface area contributed by atoms with Crippen LogP contribution in [0.25, 0.3) is 4.96 Å². The average molecular weight is 304 g/mol. The van der Waals surface area contributed by atoms with Crippen molar-refractivity contribution in [1.29, 1.82) is 0 Å². The van der Waals surface area contributed by atoms with Crippen molar-refractivity contribution in [3.05, 3.63) is 17.3 Å². The zero-order valence-electron chi connectivity index (χ0n) is 12.7. The van der Waals surface area contributed by atoms with E-state index in [0.29, 0.717) is 0 Å². The van der Waals surface area contributed by atoms with Gasteiger partial charge in [-0.15, -0.1) is 11.3 Å². The number of nitrogens with zero attached hydrogens (tertiary/aromatic N) is 3. The molecule has 4 nitrogen and oxygen atoms in total. The Labute approximate surface area is 130 Å². The molecule has 2 saturated carbocycles. The largest absolute Gasteiger partial charge is 0.355 e. The number of aromatic nitrogens is 2. The van der Waals surface area contributed by atoms with Crippen molar-refractivity contribution in [2.24, 2.45) is 5.92 Å². The van der Waals surface area contributed by atoms with Crippen molar-refractivity contribution >= 4 is 22.1 Å². The first-order valence-electron chi connectivity index (χ1n) is 8.28. The normalized spacial score (nSPS) is 18.5. The highest BCUT2D eigenvalue weighted by atomic mass is 32.1. The molecule has 2 aliphatic rings. The van der Waals surface area contributed by atoms with E-state index in [1.54, 1.807) is 11.3 Å². The Morgan fingerprint density at radius 2 is 2.24 bits per heavy atom. The van der Waals surface area contributed by atoms with Crippen LogP contribution >= 0.6 is 11.3 Å². The van der Waals surface area contributed by atoms with Crippen LogP contribution in [0.5, 0.6) is 0 Å². The lowest BCUT2D eigenvalue weighted by Gasteiger charge is -2.23. The first kappa shape index (κ1) is 13.6. The van der Waals surface area contributed by atoms with Gasteiger partial charge in [0.25, 0.3) is 0 Å². The smallest absolute Gasteiger partial charge is 0.195 e. The van der Waals surface area contributed by atoms with Crippen molar-refractivity contribution < 1.29 is 0 Å². The predicted molar refractivity (Wildman–Crippen MR) is 88.2 cm³/mol. The molecule has 0 bridgehead atoms. The molecule has 0 amide bonds. The van der Waals surface area contributed by atoms with Gasteiger partial charge < -0.3 is 10.2 Å². The number of thiazole rings is 1. The Morgan fingerprint density at radius 1 is 1.38 bits per heavy atom.